The summed E-state index contributed by atoms with van der Waals surface area (Å²) in [6.45, 7) is 7.11. The Hall–Kier alpha value is -1.48. The Morgan fingerprint density at radius 2 is 2.06 bits per heavy atom. The van der Waals surface area contributed by atoms with Crippen molar-refractivity contribution in [3.63, 3.8) is 0 Å². The molecule has 0 aromatic heterocycles. The number of benzene rings is 1. The number of carboxylic acids is 1. The molecule has 1 aromatic rings. The molecule has 1 N–H and O–H groups in total. The average Bonchev–Trinajstić information content (AvgIpc) is 2.24. The second-order valence-electron chi connectivity index (χ2n) is 4.35. The first-order chi connectivity index (χ1) is 8.30. The molecule has 0 aliphatic heterocycles. The molecule has 0 unspecified atom stereocenters. The molecule has 6 heteroatoms. The van der Waals surface area contributed by atoms with Crippen LogP contribution < -0.4 is 0 Å². The van der Waals surface area contributed by atoms with Gasteiger partial charge in [-0.05, 0) is 18.2 Å². The lowest BCUT2D eigenvalue weighted by Gasteiger charge is -2.38. The van der Waals surface area contributed by atoms with Gasteiger partial charge < -0.3 is 9.95 Å². The third kappa shape index (κ3) is 1.99. The van der Waals surface area contributed by atoms with E-state index in [-0.39, 0.29) is 11.1 Å². The minimum atomic E-state index is -2.89. The van der Waals surface area contributed by atoms with Crippen LogP contribution in [0.1, 0.15) is 28.8 Å². The first kappa shape index (κ1) is 13.0. The van der Waals surface area contributed by atoms with Crippen molar-refractivity contribution in [2.45, 2.75) is 24.3 Å². The van der Waals surface area contributed by atoms with Gasteiger partial charge in [-0.1, -0.05) is 15.9 Å². The summed E-state index contributed by atoms with van der Waals surface area (Å²) in [5.41, 5.74) is -1.35. The van der Waals surface area contributed by atoms with E-state index < -0.39 is 30.3 Å². The van der Waals surface area contributed by atoms with E-state index in [2.05, 4.69) is 20.8 Å². The van der Waals surface area contributed by atoms with Crippen LogP contribution in [-0.4, -0.2) is 17.0 Å². The Balaban J connectivity index is 2.54. The van der Waals surface area contributed by atoms with Gasteiger partial charge in [0, 0.05) is 4.47 Å². The largest absolute Gasteiger partial charge is 0.478 e. The molecule has 3 nitrogen and oxygen atoms in total. The Morgan fingerprint density at radius 3 is 2.50 bits per heavy atom. The van der Waals surface area contributed by atoms with Crippen molar-refractivity contribution >= 4 is 21.9 Å². The predicted octanol–water partition coefficient (Wildman–Crippen LogP) is 3.69. The van der Waals surface area contributed by atoms with Crippen LogP contribution in [0.4, 0.5) is 8.78 Å². The summed E-state index contributed by atoms with van der Waals surface area (Å²) in [5, 5.41) is 9.06. The third-order valence-electron chi connectivity index (χ3n) is 3.03. The predicted molar refractivity (Wildman–Crippen MR) is 63.6 cm³/mol. The van der Waals surface area contributed by atoms with Crippen LogP contribution in [0.25, 0.3) is 4.85 Å². The highest BCUT2D eigenvalue weighted by atomic mass is 79.9. The van der Waals surface area contributed by atoms with Crippen LogP contribution in [0, 0.1) is 6.57 Å². The summed E-state index contributed by atoms with van der Waals surface area (Å²) >= 11 is 3.17. The number of hydrogen-bond donors (Lipinski definition) is 1. The van der Waals surface area contributed by atoms with Gasteiger partial charge in [0.25, 0.3) is 11.5 Å². The summed E-state index contributed by atoms with van der Waals surface area (Å²) in [5.74, 6) is -4.10. The van der Waals surface area contributed by atoms with Crippen molar-refractivity contribution in [3.05, 3.63) is 45.2 Å². The molecule has 1 aliphatic carbocycles. The van der Waals surface area contributed by atoms with Gasteiger partial charge in [-0.15, -0.1) is 0 Å². The summed E-state index contributed by atoms with van der Waals surface area (Å²) in [6.07, 6.45) is -1.25. The number of alkyl halides is 2. The van der Waals surface area contributed by atoms with Crippen LogP contribution in [0.5, 0.6) is 0 Å². The second-order valence-corrected chi connectivity index (χ2v) is 5.26. The molecule has 0 radical (unpaired) electrons. The minimum absolute atomic E-state index is 0.0929. The zero-order chi connectivity index (χ0) is 13.6. The van der Waals surface area contributed by atoms with Crippen molar-refractivity contribution in [2.24, 2.45) is 0 Å². The lowest BCUT2D eigenvalue weighted by Crippen LogP contribution is -2.47. The number of carboxylic acid groups (broad SMARTS) is 1. The Morgan fingerprint density at radius 1 is 1.44 bits per heavy atom. The molecule has 1 saturated carbocycles. The fourth-order valence-electron chi connectivity index (χ4n) is 2.22. The molecule has 0 bridgehead atoms. The molecule has 0 saturated heterocycles. The molecular formula is C12H8BrF2NO2. The highest BCUT2D eigenvalue weighted by Crippen LogP contribution is 2.55. The molecule has 0 spiro atoms. The van der Waals surface area contributed by atoms with Gasteiger partial charge in [0.15, 0.2) is 0 Å². The zero-order valence-corrected chi connectivity index (χ0v) is 10.7. The van der Waals surface area contributed by atoms with Gasteiger partial charge in [-0.3, -0.25) is 0 Å². The second kappa shape index (κ2) is 4.02. The monoisotopic (exact) mass is 315 g/mol. The molecule has 1 aromatic carbocycles. The standard InChI is InChI=1S/C12H8BrF2NO2/c1-16-11(5-12(14,15)6-11)9-4-7(13)2-3-8(9)10(17)18/h2-4H,5-6H2,(H,17,18). The normalized spacial score (nSPS) is 19.7. The number of halogens is 3. The van der Waals surface area contributed by atoms with E-state index in [9.17, 15) is 13.6 Å². The smallest absolute Gasteiger partial charge is 0.336 e. The lowest BCUT2D eigenvalue weighted by molar-refractivity contribution is -0.112. The van der Waals surface area contributed by atoms with E-state index in [0.717, 1.165) is 0 Å². The molecule has 0 heterocycles. The van der Waals surface area contributed by atoms with Gasteiger partial charge in [0.05, 0.1) is 24.0 Å². The van der Waals surface area contributed by atoms with E-state index in [1.807, 2.05) is 0 Å². The zero-order valence-electron chi connectivity index (χ0n) is 9.08. The number of hydrogen-bond acceptors (Lipinski definition) is 1. The van der Waals surface area contributed by atoms with E-state index in [1.54, 1.807) is 0 Å². The van der Waals surface area contributed by atoms with Crippen molar-refractivity contribution < 1.29 is 18.7 Å². The van der Waals surface area contributed by atoms with Crippen LogP contribution in [-0.2, 0) is 5.54 Å². The minimum Gasteiger partial charge on any atom is -0.478 e. The highest BCUT2D eigenvalue weighted by molar-refractivity contribution is 9.10. The summed E-state index contributed by atoms with van der Waals surface area (Å²) in [4.78, 5) is 14.4. The number of nitrogens with zero attached hydrogens (tertiary/aromatic N) is 1. The molecule has 1 aliphatic rings. The molecular weight excluding hydrogens is 308 g/mol. The summed E-state index contributed by atoms with van der Waals surface area (Å²) in [7, 11) is 0. The molecule has 94 valence electrons. The van der Waals surface area contributed by atoms with Gasteiger partial charge in [0.2, 0.25) is 0 Å². The number of aromatic carboxylic acids is 1. The van der Waals surface area contributed by atoms with Crippen LogP contribution in [0.3, 0.4) is 0 Å². The van der Waals surface area contributed by atoms with Crippen molar-refractivity contribution in [3.8, 4) is 0 Å². The van der Waals surface area contributed by atoms with E-state index in [1.165, 1.54) is 18.2 Å². The maximum Gasteiger partial charge on any atom is 0.336 e. The van der Waals surface area contributed by atoms with E-state index in [4.69, 9.17) is 11.7 Å². The Bertz CT molecular complexity index is 558. The molecule has 1 fully saturated rings. The van der Waals surface area contributed by atoms with Crippen molar-refractivity contribution in [1.29, 1.82) is 0 Å². The van der Waals surface area contributed by atoms with Gasteiger partial charge in [-0.2, -0.15) is 0 Å². The SMILES string of the molecule is [C-]#[N+]C1(c2cc(Br)ccc2C(=O)O)CC(F)(F)C1. The van der Waals surface area contributed by atoms with Crippen molar-refractivity contribution in [2.75, 3.05) is 0 Å². The maximum absolute atomic E-state index is 13.0. The first-order valence-corrected chi connectivity index (χ1v) is 5.89. The Labute approximate surface area is 110 Å². The van der Waals surface area contributed by atoms with E-state index in [0.29, 0.717) is 4.47 Å². The summed E-state index contributed by atoms with van der Waals surface area (Å²) < 4.78 is 26.6. The van der Waals surface area contributed by atoms with Crippen LogP contribution in [0.15, 0.2) is 22.7 Å². The molecule has 18 heavy (non-hydrogen) atoms. The maximum atomic E-state index is 13.0. The van der Waals surface area contributed by atoms with Gasteiger partial charge in [0.1, 0.15) is 0 Å². The first-order valence-electron chi connectivity index (χ1n) is 5.09. The third-order valence-corrected chi connectivity index (χ3v) is 3.52. The topological polar surface area (TPSA) is 41.7 Å². The van der Waals surface area contributed by atoms with Crippen LogP contribution >= 0.6 is 15.9 Å². The van der Waals surface area contributed by atoms with Gasteiger partial charge in [-0.25, -0.2) is 20.1 Å². The lowest BCUT2D eigenvalue weighted by atomic mass is 9.68. The Kier molecular flexibility index (Phi) is 2.90. The quantitative estimate of drug-likeness (QED) is 0.846. The fourth-order valence-corrected chi connectivity index (χ4v) is 2.58. The average molecular weight is 316 g/mol. The molecule has 0 atom stereocenters. The molecule has 2 rings (SSSR count). The number of rotatable bonds is 2. The van der Waals surface area contributed by atoms with Gasteiger partial charge >= 0.3 is 5.97 Å². The van der Waals surface area contributed by atoms with E-state index >= 15 is 0 Å². The summed E-state index contributed by atoms with van der Waals surface area (Å²) in [6, 6.07) is 4.28. The molecule has 0 amide bonds. The fraction of sp³-hybridized carbons (Fsp3) is 0.333. The number of carbonyl (C=O) groups is 1. The highest BCUT2D eigenvalue weighted by Gasteiger charge is 2.64. The van der Waals surface area contributed by atoms with Crippen molar-refractivity contribution in [1.82, 2.24) is 0 Å². The van der Waals surface area contributed by atoms with Crippen LogP contribution in [0.2, 0.25) is 0 Å².